The lowest BCUT2D eigenvalue weighted by Crippen LogP contribution is -2.72. The van der Waals surface area contributed by atoms with Crippen LogP contribution < -0.4 is 16.0 Å². The first-order valence-corrected chi connectivity index (χ1v) is 16.3. The third kappa shape index (κ3) is 7.96. The van der Waals surface area contributed by atoms with Gasteiger partial charge in [-0.2, -0.15) is 0 Å². The summed E-state index contributed by atoms with van der Waals surface area (Å²) in [5.74, 6) is 0.354. The number of benzene rings is 2. The number of piperidine rings is 1. The van der Waals surface area contributed by atoms with E-state index in [1.807, 2.05) is 17.0 Å². The Hall–Kier alpha value is -3.39. The molecule has 0 unspecified atom stereocenters. The topological polar surface area (TPSA) is 93.8 Å². The first kappa shape index (κ1) is 32.5. The molecule has 2 aromatic rings. The van der Waals surface area contributed by atoms with E-state index in [0.717, 1.165) is 68.6 Å². The number of hydrogen-bond donors (Lipinski definition) is 3. The lowest BCUT2D eigenvalue weighted by molar-refractivity contribution is -0.161. The van der Waals surface area contributed by atoms with Crippen LogP contribution in [0.4, 0.5) is 10.5 Å². The van der Waals surface area contributed by atoms with Gasteiger partial charge in [0.1, 0.15) is 11.6 Å². The van der Waals surface area contributed by atoms with E-state index >= 15 is 0 Å². The molecular weight excluding hydrogens is 538 g/mol. The number of hydrogen-bond acceptors (Lipinski definition) is 4. The molecule has 4 rings (SSSR count). The van der Waals surface area contributed by atoms with Crippen molar-refractivity contribution in [3.63, 3.8) is 0 Å². The molecule has 8 nitrogen and oxygen atoms in total. The van der Waals surface area contributed by atoms with E-state index in [9.17, 15) is 14.4 Å². The molecular formula is C35H51N5O3. The van der Waals surface area contributed by atoms with Gasteiger partial charge in [-0.05, 0) is 74.0 Å². The van der Waals surface area contributed by atoms with E-state index in [4.69, 9.17) is 0 Å². The third-order valence-corrected chi connectivity index (χ3v) is 9.13. The number of nitrogens with one attached hydrogen (secondary N) is 3. The molecule has 4 amide bonds. The minimum atomic E-state index is -0.740. The standard InChI is InChI=1S/C35H51N5O3/c1-5-22-40-32(41)30(17-10-11-21-36-34(43)38-31-28(6-2)15-12-16-29(31)26(3)4)37-33(42)35(40)19-24-39(25-20-35)23-18-27-13-8-7-9-14-27/h7-9,12-16,26,30H,5-6,10-11,17-25H2,1-4H3,(H,37,42)(H2,36,38,43)/t30-/m0/s1. The summed E-state index contributed by atoms with van der Waals surface area (Å²) in [4.78, 5) is 44.3. The maximum Gasteiger partial charge on any atom is 0.319 e. The Bertz CT molecular complexity index is 1220. The molecule has 0 saturated carbocycles. The van der Waals surface area contributed by atoms with Crippen molar-refractivity contribution in [3.05, 3.63) is 65.2 Å². The highest BCUT2D eigenvalue weighted by Crippen LogP contribution is 2.34. The number of rotatable bonds is 13. The molecule has 1 spiro atoms. The van der Waals surface area contributed by atoms with E-state index in [0.29, 0.717) is 38.3 Å². The highest BCUT2D eigenvalue weighted by molar-refractivity contribution is 6.00. The Kier molecular flexibility index (Phi) is 11.6. The summed E-state index contributed by atoms with van der Waals surface area (Å²) in [5.41, 5.74) is 3.74. The summed E-state index contributed by atoms with van der Waals surface area (Å²) in [6.45, 7) is 12.1. The number of amides is 4. The number of anilines is 1. The molecule has 0 aromatic heterocycles. The number of aryl methyl sites for hydroxylation is 1. The molecule has 234 valence electrons. The van der Waals surface area contributed by atoms with E-state index in [2.05, 4.69) is 84.9 Å². The molecule has 8 heteroatoms. The average Bonchev–Trinajstić information content (AvgIpc) is 3.01. The van der Waals surface area contributed by atoms with Crippen LogP contribution in [0.5, 0.6) is 0 Å². The van der Waals surface area contributed by atoms with Gasteiger partial charge in [0.2, 0.25) is 11.8 Å². The molecule has 1 atom stereocenters. The fourth-order valence-electron chi connectivity index (χ4n) is 6.58. The monoisotopic (exact) mass is 589 g/mol. The third-order valence-electron chi connectivity index (χ3n) is 9.13. The van der Waals surface area contributed by atoms with Crippen LogP contribution in [-0.4, -0.2) is 71.9 Å². The Morgan fingerprint density at radius 2 is 1.74 bits per heavy atom. The molecule has 2 heterocycles. The molecule has 2 aliphatic heterocycles. The summed E-state index contributed by atoms with van der Waals surface area (Å²) < 4.78 is 0. The van der Waals surface area contributed by atoms with Crippen molar-refractivity contribution < 1.29 is 14.4 Å². The normalized spacial score (nSPS) is 18.6. The van der Waals surface area contributed by atoms with Crippen LogP contribution in [-0.2, 0) is 22.4 Å². The zero-order valence-corrected chi connectivity index (χ0v) is 26.6. The average molecular weight is 590 g/mol. The van der Waals surface area contributed by atoms with Gasteiger partial charge in [0.25, 0.3) is 0 Å². The second-order valence-corrected chi connectivity index (χ2v) is 12.4. The zero-order valence-electron chi connectivity index (χ0n) is 26.6. The fraction of sp³-hybridized carbons (Fsp3) is 0.571. The van der Waals surface area contributed by atoms with Crippen LogP contribution in [0.3, 0.4) is 0 Å². The minimum absolute atomic E-state index is 0.00121. The van der Waals surface area contributed by atoms with Crippen molar-refractivity contribution in [2.45, 2.75) is 96.6 Å². The van der Waals surface area contributed by atoms with E-state index in [-0.39, 0.29) is 17.8 Å². The predicted octanol–water partition coefficient (Wildman–Crippen LogP) is 5.48. The number of nitrogens with zero attached hydrogens (tertiary/aromatic N) is 2. The van der Waals surface area contributed by atoms with E-state index in [1.54, 1.807) is 0 Å². The minimum Gasteiger partial charge on any atom is -0.342 e. The van der Waals surface area contributed by atoms with Gasteiger partial charge in [0, 0.05) is 38.4 Å². The van der Waals surface area contributed by atoms with Gasteiger partial charge >= 0.3 is 6.03 Å². The number of carbonyl (C=O) groups is 3. The Balaban J connectivity index is 1.24. The van der Waals surface area contributed by atoms with Crippen LogP contribution in [0.1, 0.15) is 88.8 Å². The predicted molar refractivity (Wildman–Crippen MR) is 173 cm³/mol. The summed E-state index contributed by atoms with van der Waals surface area (Å²) in [6.07, 6.45) is 6.04. The lowest BCUT2D eigenvalue weighted by Gasteiger charge is -2.51. The first-order chi connectivity index (χ1) is 20.8. The quantitative estimate of drug-likeness (QED) is 0.270. The lowest BCUT2D eigenvalue weighted by atomic mass is 9.81. The molecule has 43 heavy (non-hydrogen) atoms. The molecule has 0 radical (unpaired) electrons. The molecule has 2 aliphatic rings. The second-order valence-electron chi connectivity index (χ2n) is 12.4. The summed E-state index contributed by atoms with van der Waals surface area (Å²) in [5, 5.41) is 9.14. The summed E-state index contributed by atoms with van der Waals surface area (Å²) in [6, 6.07) is 15.9. The van der Waals surface area contributed by atoms with Crippen molar-refractivity contribution in [3.8, 4) is 0 Å². The second kappa shape index (κ2) is 15.4. The van der Waals surface area contributed by atoms with Gasteiger partial charge in [-0.25, -0.2) is 4.79 Å². The van der Waals surface area contributed by atoms with Crippen molar-refractivity contribution in [1.29, 1.82) is 0 Å². The van der Waals surface area contributed by atoms with Crippen LogP contribution in [0.15, 0.2) is 48.5 Å². The molecule has 0 bridgehead atoms. The van der Waals surface area contributed by atoms with Crippen molar-refractivity contribution in [2.75, 3.05) is 38.0 Å². The molecule has 2 aromatic carbocycles. The molecule has 2 fully saturated rings. The van der Waals surface area contributed by atoms with E-state index < -0.39 is 11.6 Å². The first-order valence-electron chi connectivity index (χ1n) is 16.3. The largest absolute Gasteiger partial charge is 0.342 e. The van der Waals surface area contributed by atoms with Crippen LogP contribution in [0, 0.1) is 0 Å². The van der Waals surface area contributed by atoms with Gasteiger partial charge in [0.15, 0.2) is 0 Å². The summed E-state index contributed by atoms with van der Waals surface area (Å²) >= 11 is 0. The van der Waals surface area contributed by atoms with Crippen molar-refractivity contribution in [1.82, 2.24) is 20.4 Å². The SMILES string of the molecule is CCCN1C(=O)[C@H](CCCCNC(=O)Nc2c(CC)cccc2C(C)C)NC(=O)C12CCN(CCc1ccccc1)CC2. The maximum atomic E-state index is 13.7. The van der Waals surface area contributed by atoms with Crippen LogP contribution in [0.2, 0.25) is 0 Å². The summed E-state index contributed by atoms with van der Waals surface area (Å²) in [7, 11) is 0. The van der Waals surface area contributed by atoms with Crippen molar-refractivity contribution >= 4 is 23.5 Å². The maximum absolute atomic E-state index is 13.7. The van der Waals surface area contributed by atoms with Gasteiger partial charge in [0.05, 0.1) is 0 Å². The Morgan fingerprint density at radius 1 is 1.00 bits per heavy atom. The Labute approximate surface area is 258 Å². The number of unbranched alkanes of at least 4 members (excludes halogenated alkanes) is 1. The van der Waals surface area contributed by atoms with Gasteiger partial charge in [-0.15, -0.1) is 0 Å². The molecule has 2 saturated heterocycles. The van der Waals surface area contributed by atoms with Crippen LogP contribution >= 0.6 is 0 Å². The van der Waals surface area contributed by atoms with E-state index in [1.165, 1.54) is 5.56 Å². The van der Waals surface area contributed by atoms with Gasteiger partial charge in [-0.1, -0.05) is 76.2 Å². The molecule has 3 N–H and O–H groups in total. The number of likely N-dealkylation sites (tertiary alicyclic amines) is 1. The number of para-hydroxylation sites is 1. The fourth-order valence-corrected chi connectivity index (χ4v) is 6.58. The van der Waals surface area contributed by atoms with Crippen LogP contribution in [0.25, 0.3) is 0 Å². The molecule has 0 aliphatic carbocycles. The highest BCUT2D eigenvalue weighted by Gasteiger charge is 2.53. The van der Waals surface area contributed by atoms with Gasteiger partial charge in [-0.3, -0.25) is 9.59 Å². The van der Waals surface area contributed by atoms with Gasteiger partial charge < -0.3 is 25.8 Å². The number of piperazine rings is 1. The van der Waals surface area contributed by atoms with Crippen molar-refractivity contribution in [2.24, 2.45) is 0 Å². The Morgan fingerprint density at radius 3 is 2.42 bits per heavy atom. The highest BCUT2D eigenvalue weighted by atomic mass is 16.2. The smallest absolute Gasteiger partial charge is 0.319 e. The number of carbonyl (C=O) groups excluding carboxylic acids is 3. The number of urea groups is 1. The zero-order chi connectivity index (χ0) is 30.8.